The standard InChI is InChI=1S/C21H18F5N7O/c1-9-17-11(19(32(3)30-17)14-8-15(21(24,25)26)31(2)29-14)4-5-33(9)20(34)18-16-12(23)6-10(22)7-13(16)27-28-18/h6-9H,4-5H2,1-3H3,(H,27,28)/t9-/m0/s1. The first-order valence-corrected chi connectivity index (χ1v) is 10.3. The van der Waals surface area contributed by atoms with E-state index in [1.165, 1.54) is 16.6 Å². The van der Waals surface area contributed by atoms with Crippen LogP contribution in [-0.2, 0) is 26.7 Å². The number of nitrogens with one attached hydrogen (secondary N) is 1. The van der Waals surface area contributed by atoms with Crippen LogP contribution < -0.4 is 0 Å². The maximum atomic E-state index is 14.4. The number of hydrogen-bond acceptors (Lipinski definition) is 4. The normalized spacial score (nSPS) is 16.4. The topological polar surface area (TPSA) is 84.6 Å². The number of rotatable bonds is 2. The van der Waals surface area contributed by atoms with E-state index in [-0.39, 0.29) is 28.8 Å². The van der Waals surface area contributed by atoms with Gasteiger partial charge in [0.15, 0.2) is 5.69 Å². The number of alkyl halides is 3. The van der Waals surface area contributed by atoms with Gasteiger partial charge in [0.1, 0.15) is 23.0 Å². The van der Waals surface area contributed by atoms with Crippen LogP contribution >= 0.6 is 0 Å². The number of aromatic nitrogens is 6. The van der Waals surface area contributed by atoms with Gasteiger partial charge in [0.05, 0.1) is 28.3 Å². The lowest BCUT2D eigenvalue weighted by Crippen LogP contribution is -2.39. The first-order valence-electron chi connectivity index (χ1n) is 10.3. The maximum absolute atomic E-state index is 14.4. The molecule has 0 unspecified atom stereocenters. The molecule has 1 atom stereocenters. The number of hydrogen-bond donors (Lipinski definition) is 1. The van der Waals surface area contributed by atoms with Crippen molar-refractivity contribution < 1.29 is 26.7 Å². The molecule has 0 fully saturated rings. The molecular formula is C21H18F5N7O. The van der Waals surface area contributed by atoms with E-state index in [0.717, 1.165) is 16.8 Å². The predicted octanol–water partition coefficient (Wildman–Crippen LogP) is 3.75. The third-order valence-electron chi connectivity index (χ3n) is 6.10. The molecule has 1 aliphatic heterocycles. The van der Waals surface area contributed by atoms with Crippen molar-refractivity contribution in [3.63, 3.8) is 0 Å². The van der Waals surface area contributed by atoms with E-state index < -0.39 is 35.5 Å². The number of halogens is 5. The first-order chi connectivity index (χ1) is 16.0. The lowest BCUT2D eigenvalue weighted by Gasteiger charge is -2.32. The molecule has 8 nitrogen and oxygen atoms in total. The van der Waals surface area contributed by atoms with Crippen molar-refractivity contribution in [1.82, 2.24) is 34.7 Å². The molecule has 0 radical (unpaired) electrons. The number of carbonyl (C=O) groups is 1. The molecule has 13 heteroatoms. The van der Waals surface area contributed by atoms with Crippen LogP contribution in [0.5, 0.6) is 0 Å². The summed E-state index contributed by atoms with van der Waals surface area (Å²) in [5.41, 5.74) is 0.739. The summed E-state index contributed by atoms with van der Waals surface area (Å²) >= 11 is 0. The SMILES string of the molecule is C[C@H]1c2nn(C)c(-c3cc(C(F)(F)F)n(C)n3)c2CCN1C(=O)c1n[nH]c2cc(F)cc(F)c12. The molecule has 0 saturated carbocycles. The number of nitrogens with zero attached hydrogens (tertiary/aromatic N) is 6. The Balaban J connectivity index is 1.52. The smallest absolute Gasteiger partial charge is 0.328 e. The lowest BCUT2D eigenvalue weighted by molar-refractivity contribution is -0.143. The molecule has 1 N–H and O–H groups in total. The number of benzene rings is 1. The molecule has 0 bridgehead atoms. The van der Waals surface area contributed by atoms with Gasteiger partial charge in [-0.05, 0) is 25.5 Å². The van der Waals surface area contributed by atoms with E-state index >= 15 is 0 Å². The van der Waals surface area contributed by atoms with Crippen LogP contribution in [0, 0.1) is 11.6 Å². The largest absolute Gasteiger partial charge is 0.433 e. The lowest BCUT2D eigenvalue weighted by atomic mass is 9.96. The van der Waals surface area contributed by atoms with Gasteiger partial charge in [-0.15, -0.1) is 0 Å². The molecular weight excluding hydrogens is 461 g/mol. The molecule has 3 aromatic heterocycles. The van der Waals surface area contributed by atoms with Crippen molar-refractivity contribution >= 4 is 16.8 Å². The average molecular weight is 479 g/mol. The van der Waals surface area contributed by atoms with E-state index in [1.54, 1.807) is 14.0 Å². The summed E-state index contributed by atoms with van der Waals surface area (Å²) in [6.07, 6.45) is -4.26. The molecule has 0 saturated heterocycles. The quantitative estimate of drug-likeness (QED) is 0.444. The number of amides is 1. The van der Waals surface area contributed by atoms with Crippen LogP contribution in [0.2, 0.25) is 0 Å². The number of H-pyrrole nitrogens is 1. The second-order valence-corrected chi connectivity index (χ2v) is 8.18. The Hall–Kier alpha value is -3.77. The second-order valence-electron chi connectivity index (χ2n) is 8.18. The van der Waals surface area contributed by atoms with E-state index in [4.69, 9.17) is 0 Å². The van der Waals surface area contributed by atoms with E-state index in [1.807, 2.05) is 0 Å². The van der Waals surface area contributed by atoms with Gasteiger partial charge in [0.2, 0.25) is 0 Å². The van der Waals surface area contributed by atoms with Gasteiger partial charge in [-0.1, -0.05) is 0 Å². The Bertz CT molecular complexity index is 1450. The highest BCUT2D eigenvalue weighted by atomic mass is 19.4. The van der Waals surface area contributed by atoms with Crippen LogP contribution in [0.3, 0.4) is 0 Å². The number of aryl methyl sites for hydroxylation is 2. The van der Waals surface area contributed by atoms with Gasteiger partial charge in [-0.3, -0.25) is 19.3 Å². The molecule has 1 aromatic carbocycles. The third-order valence-corrected chi connectivity index (χ3v) is 6.10. The van der Waals surface area contributed by atoms with Crippen molar-refractivity contribution in [1.29, 1.82) is 0 Å². The summed E-state index contributed by atoms with van der Waals surface area (Å²) in [6.45, 7) is 1.92. The fourth-order valence-corrected chi connectivity index (χ4v) is 4.56. The summed E-state index contributed by atoms with van der Waals surface area (Å²) < 4.78 is 69.9. The van der Waals surface area contributed by atoms with Crippen LogP contribution in [0.25, 0.3) is 22.3 Å². The molecule has 0 aliphatic carbocycles. The summed E-state index contributed by atoms with van der Waals surface area (Å²) in [5, 5.41) is 14.8. The zero-order valence-electron chi connectivity index (χ0n) is 18.2. The van der Waals surface area contributed by atoms with Crippen LogP contribution in [-0.4, -0.2) is 47.1 Å². The van der Waals surface area contributed by atoms with Crippen LogP contribution in [0.15, 0.2) is 18.2 Å². The minimum Gasteiger partial charge on any atom is -0.328 e. The first kappa shape index (κ1) is 22.0. The van der Waals surface area contributed by atoms with E-state index in [9.17, 15) is 26.7 Å². The molecule has 1 amide bonds. The van der Waals surface area contributed by atoms with E-state index in [0.29, 0.717) is 29.4 Å². The molecule has 5 rings (SSSR count). The fourth-order valence-electron chi connectivity index (χ4n) is 4.56. The molecule has 0 spiro atoms. The van der Waals surface area contributed by atoms with Gasteiger partial charge in [0, 0.05) is 32.3 Å². The van der Waals surface area contributed by atoms with Gasteiger partial charge < -0.3 is 4.90 Å². The highest BCUT2D eigenvalue weighted by molar-refractivity contribution is 6.05. The molecule has 4 aromatic rings. The van der Waals surface area contributed by atoms with Gasteiger partial charge >= 0.3 is 6.18 Å². The van der Waals surface area contributed by atoms with Gasteiger partial charge in [0.25, 0.3) is 5.91 Å². The zero-order valence-corrected chi connectivity index (χ0v) is 18.2. The highest BCUT2D eigenvalue weighted by Crippen LogP contribution is 2.38. The highest BCUT2D eigenvalue weighted by Gasteiger charge is 2.38. The Labute approximate surface area is 189 Å². The van der Waals surface area contributed by atoms with Crippen molar-refractivity contribution in [3.8, 4) is 11.4 Å². The third kappa shape index (κ3) is 3.25. The molecule has 34 heavy (non-hydrogen) atoms. The van der Waals surface area contributed by atoms with E-state index in [2.05, 4.69) is 20.4 Å². The fraction of sp³-hybridized carbons (Fsp3) is 0.333. The predicted molar refractivity (Wildman–Crippen MR) is 110 cm³/mol. The number of aromatic amines is 1. The van der Waals surface area contributed by atoms with Gasteiger partial charge in [-0.2, -0.15) is 28.5 Å². The summed E-state index contributed by atoms with van der Waals surface area (Å²) in [6, 6.07) is 2.13. The molecule has 178 valence electrons. The van der Waals surface area contributed by atoms with Crippen LogP contribution in [0.1, 0.15) is 40.4 Å². The Morgan fingerprint density at radius 1 is 1.12 bits per heavy atom. The maximum Gasteiger partial charge on any atom is 0.433 e. The monoisotopic (exact) mass is 479 g/mol. The number of fused-ring (bicyclic) bond motifs is 2. The zero-order chi connectivity index (χ0) is 24.5. The number of carbonyl (C=O) groups excluding carboxylic acids is 1. The Morgan fingerprint density at radius 3 is 2.53 bits per heavy atom. The van der Waals surface area contributed by atoms with Gasteiger partial charge in [-0.25, -0.2) is 8.78 Å². The minimum atomic E-state index is -4.56. The second kappa shape index (κ2) is 7.37. The van der Waals surface area contributed by atoms with Crippen molar-refractivity contribution in [2.75, 3.05) is 6.54 Å². The van der Waals surface area contributed by atoms with Crippen molar-refractivity contribution in [2.45, 2.75) is 25.6 Å². The minimum absolute atomic E-state index is 0.0574. The Kier molecular flexibility index (Phi) is 4.78. The molecule has 1 aliphatic rings. The Morgan fingerprint density at radius 2 is 1.85 bits per heavy atom. The average Bonchev–Trinajstić information content (AvgIpc) is 3.42. The summed E-state index contributed by atoms with van der Waals surface area (Å²) in [5.74, 6) is -2.28. The summed E-state index contributed by atoms with van der Waals surface area (Å²) in [7, 11) is 2.82. The van der Waals surface area contributed by atoms with Crippen molar-refractivity contribution in [3.05, 3.63) is 52.5 Å². The summed E-state index contributed by atoms with van der Waals surface area (Å²) in [4.78, 5) is 14.7. The van der Waals surface area contributed by atoms with Crippen molar-refractivity contribution in [2.24, 2.45) is 14.1 Å². The molecule has 4 heterocycles. The van der Waals surface area contributed by atoms with Crippen LogP contribution in [0.4, 0.5) is 22.0 Å².